The molecule has 0 amide bonds. The largest absolute Gasteiger partial charge is 0.416 e. The molecule has 25 heavy (non-hydrogen) atoms. The first-order chi connectivity index (χ1) is 12.0. The van der Waals surface area contributed by atoms with Crippen LogP contribution in [0.15, 0.2) is 30.5 Å². The average Bonchev–Trinajstić information content (AvgIpc) is 3.15. The topological polar surface area (TPSA) is 34.6 Å². The number of anilines is 1. The second-order valence-electron chi connectivity index (χ2n) is 6.47. The molecule has 7 heteroatoms. The number of fused-ring (bicyclic) bond motifs is 1. The molecule has 2 fully saturated rings. The van der Waals surface area contributed by atoms with E-state index in [0.717, 1.165) is 42.7 Å². The zero-order chi connectivity index (χ0) is 17.4. The average molecular weight is 352 g/mol. The molecular formula is C18H19F3N2O2. The van der Waals surface area contributed by atoms with Gasteiger partial charge < -0.3 is 14.4 Å². The second-order valence-corrected chi connectivity index (χ2v) is 6.47. The van der Waals surface area contributed by atoms with Crippen molar-refractivity contribution >= 4 is 16.6 Å². The van der Waals surface area contributed by atoms with Crippen LogP contribution in [0, 0.1) is 0 Å². The number of rotatable bonds is 2. The molecule has 0 spiro atoms. The van der Waals surface area contributed by atoms with Gasteiger partial charge in [0.25, 0.3) is 0 Å². The summed E-state index contributed by atoms with van der Waals surface area (Å²) in [4.78, 5) is 6.28. The minimum Gasteiger partial charge on any atom is -0.375 e. The molecule has 0 N–H and O–H groups in total. The van der Waals surface area contributed by atoms with E-state index in [1.54, 1.807) is 6.20 Å². The molecule has 4 nitrogen and oxygen atoms in total. The number of benzene rings is 1. The van der Waals surface area contributed by atoms with Crippen LogP contribution in [0.2, 0.25) is 0 Å². The van der Waals surface area contributed by atoms with Crippen molar-refractivity contribution in [1.82, 2.24) is 4.98 Å². The number of hydrogen-bond donors (Lipinski definition) is 0. The molecule has 3 heterocycles. The van der Waals surface area contributed by atoms with Gasteiger partial charge in [0.1, 0.15) is 6.10 Å². The zero-order valence-electron chi connectivity index (χ0n) is 13.6. The van der Waals surface area contributed by atoms with E-state index < -0.39 is 11.7 Å². The number of nitrogens with zero attached hydrogens (tertiary/aromatic N) is 2. The first-order valence-corrected chi connectivity index (χ1v) is 8.46. The summed E-state index contributed by atoms with van der Waals surface area (Å²) >= 11 is 0. The highest BCUT2D eigenvalue weighted by molar-refractivity contribution is 5.92. The molecule has 1 aromatic heterocycles. The van der Waals surface area contributed by atoms with E-state index in [1.165, 1.54) is 6.07 Å². The Kier molecular flexibility index (Phi) is 4.29. The Labute approximate surface area is 143 Å². The lowest BCUT2D eigenvalue weighted by molar-refractivity contribution is -0.137. The molecule has 2 unspecified atom stereocenters. The summed E-state index contributed by atoms with van der Waals surface area (Å²) in [5.41, 5.74) is 0.571. The lowest BCUT2D eigenvalue weighted by atomic mass is 10.1. The van der Waals surface area contributed by atoms with Gasteiger partial charge in [0.15, 0.2) is 0 Å². The molecule has 2 aliphatic heterocycles. The fourth-order valence-electron chi connectivity index (χ4n) is 3.60. The van der Waals surface area contributed by atoms with E-state index in [9.17, 15) is 13.2 Å². The monoisotopic (exact) mass is 352 g/mol. The molecule has 2 atom stereocenters. The highest BCUT2D eigenvalue weighted by Gasteiger charge is 2.33. The van der Waals surface area contributed by atoms with Crippen LogP contribution in [0.25, 0.3) is 10.9 Å². The van der Waals surface area contributed by atoms with Crippen molar-refractivity contribution in [3.63, 3.8) is 0 Å². The second kappa shape index (κ2) is 6.46. The number of alkyl halides is 3. The molecular weight excluding hydrogens is 333 g/mol. The van der Waals surface area contributed by atoms with Crippen molar-refractivity contribution in [2.24, 2.45) is 0 Å². The molecule has 0 saturated carbocycles. The van der Waals surface area contributed by atoms with Gasteiger partial charge in [-0.15, -0.1) is 0 Å². The molecule has 0 aliphatic carbocycles. The summed E-state index contributed by atoms with van der Waals surface area (Å²) in [5.74, 6) is 0. The lowest BCUT2D eigenvalue weighted by Gasteiger charge is -2.37. The lowest BCUT2D eigenvalue weighted by Crippen LogP contribution is -2.47. The molecule has 134 valence electrons. The van der Waals surface area contributed by atoms with E-state index in [-0.39, 0.29) is 12.2 Å². The quantitative estimate of drug-likeness (QED) is 0.827. The van der Waals surface area contributed by atoms with Crippen LogP contribution in [-0.2, 0) is 15.7 Å². The maximum atomic E-state index is 12.9. The number of pyridine rings is 1. The van der Waals surface area contributed by atoms with Gasteiger partial charge in [-0.05, 0) is 31.0 Å². The summed E-state index contributed by atoms with van der Waals surface area (Å²) < 4.78 is 50.4. The van der Waals surface area contributed by atoms with Gasteiger partial charge in [-0.1, -0.05) is 6.07 Å². The summed E-state index contributed by atoms with van der Waals surface area (Å²) in [5, 5.41) is 0.725. The van der Waals surface area contributed by atoms with Gasteiger partial charge in [0.2, 0.25) is 0 Å². The van der Waals surface area contributed by atoms with Crippen LogP contribution in [0.3, 0.4) is 0 Å². The molecule has 2 saturated heterocycles. The van der Waals surface area contributed by atoms with Crippen molar-refractivity contribution in [3.05, 3.63) is 36.0 Å². The summed E-state index contributed by atoms with van der Waals surface area (Å²) in [6.07, 6.45) is -0.668. The summed E-state index contributed by atoms with van der Waals surface area (Å²) in [7, 11) is 0. The Morgan fingerprint density at radius 1 is 1.08 bits per heavy atom. The van der Waals surface area contributed by atoms with E-state index >= 15 is 0 Å². The minimum atomic E-state index is -4.37. The number of halogens is 3. The molecule has 2 aromatic rings. The fourth-order valence-corrected chi connectivity index (χ4v) is 3.60. The van der Waals surface area contributed by atoms with Crippen LogP contribution in [0.1, 0.15) is 18.4 Å². The van der Waals surface area contributed by atoms with Crippen LogP contribution >= 0.6 is 0 Å². The highest BCUT2D eigenvalue weighted by atomic mass is 19.4. The third kappa shape index (κ3) is 3.30. The first kappa shape index (κ1) is 16.6. The van der Waals surface area contributed by atoms with Crippen molar-refractivity contribution in [2.75, 3.05) is 31.2 Å². The van der Waals surface area contributed by atoms with Crippen molar-refractivity contribution < 1.29 is 22.6 Å². The predicted octanol–water partition coefficient (Wildman–Crippen LogP) is 3.64. The van der Waals surface area contributed by atoms with Crippen molar-refractivity contribution in [2.45, 2.75) is 31.2 Å². The molecule has 2 aliphatic rings. The third-order valence-electron chi connectivity index (χ3n) is 4.86. The number of morpholine rings is 1. The van der Waals surface area contributed by atoms with Crippen molar-refractivity contribution in [3.8, 4) is 0 Å². The molecule has 0 radical (unpaired) electrons. The van der Waals surface area contributed by atoms with Crippen LogP contribution in [0.4, 0.5) is 18.9 Å². The molecule has 4 rings (SSSR count). The normalized spacial score (nSPS) is 24.8. The van der Waals surface area contributed by atoms with E-state index in [4.69, 9.17) is 9.47 Å². The molecule has 1 aromatic carbocycles. The maximum absolute atomic E-state index is 12.9. The SMILES string of the molecule is FC(F)(F)c1ccc2c(N3CCOC(C4CCCO4)C3)ccnc2c1. The van der Waals surface area contributed by atoms with Crippen LogP contribution in [-0.4, -0.2) is 43.5 Å². The summed E-state index contributed by atoms with van der Waals surface area (Å²) in [6, 6.07) is 5.59. The van der Waals surface area contributed by atoms with Gasteiger partial charge in [0, 0.05) is 37.0 Å². The first-order valence-electron chi connectivity index (χ1n) is 8.46. The Morgan fingerprint density at radius 3 is 2.68 bits per heavy atom. The van der Waals surface area contributed by atoms with Crippen LogP contribution in [0.5, 0.6) is 0 Å². The van der Waals surface area contributed by atoms with Gasteiger partial charge >= 0.3 is 6.18 Å². The maximum Gasteiger partial charge on any atom is 0.416 e. The standard InChI is InChI=1S/C18H19F3N2O2/c19-18(20,21)12-3-4-13-14(10-12)22-6-5-15(13)23-7-9-25-17(11-23)16-2-1-8-24-16/h3-6,10,16-17H,1-2,7-9,11H2. The Hall–Kier alpha value is -1.86. The van der Waals surface area contributed by atoms with E-state index in [1.807, 2.05) is 6.07 Å². The fraction of sp³-hybridized carbons (Fsp3) is 0.500. The third-order valence-corrected chi connectivity index (χ3v) is 4.86. The predicted molar refractivity (Wildman–Crippen MR) is 87.7 cm³/mol. The van der Waals surface area contributed by atoms with E-state index in [2.05, 4.69) is 9.88 Å². The van der Waals surface area contributed by atoms with Gasteiger partial charge in [-0.3, -0.25) is 4.98 Å². The van der Waals surface area contributed by atoms with E-state index in [0.29, 0.717) is 25.2 Å². The zero-order valence-corrected chi connectivity index (χ0v) is 13.6. The smallest absolute Gasteiger partial charge is 0.375 e. The molecule has 0 bridgehead atoms. The van der Waals surface area contributed by atoms with Crippen LogP contribution < -0.4 is 4.90 Å². The van der Waals surface area contributed by atoms with Gasteiger partial charge in [-0.25, -0.2) is 0 Å². The van der Waals surface area contributed by atoms with Crippen molar-refractivity contribution in [1.29, 1.82) is 0 Å². The number of aromatic nitrogens is 1. The minimum absolute atomic E-state index is 0.00564. The number of hydrogen-bond acceptors (Lipinski definition) is 4. The van der Waals surface area contributed by atoms with Gasteiger partial charge in [0.05, 0.1) is 23.8 Å². The Balaban J connectivity index is 1.64. The Morgan fingerprint density at radius 2 is 1.92 bits per heavy atom. The number of ether oxygens (including phenoxy) is 2. The Bertz CT molecular complexity index is 760. The van der Waals surface area contributed by atoms with Gasteiger partial charge in [-0.2, -0.15) is 13.2 Å². The highest BCUT2D eigenvalue weighted by Crippen LogP contribution is 2.34. The summed E-state index contributed by atoms with van der Waals surface area (Å²) in [6.45, 7) is 2.71.